The highest BCUT2D eigenvalue weighted by molar-refractivity contribution is 7.89. The number of aliphatic hydroxyl groups is 1. The number of primary sulfonamides is 1. The van der Waals surface area contributed by atoms with E-state index >= 15 is 0 Å². The molecule has 0 aliphatic carbocycles. The second-order valence-electron chi connectivity index (χ2n) is 4.73. The van der Waals surface area contributed by atoms with Gasteiger partial charge in [-0.05, 0) is 43.5 Å². The summed E-state index contributed by atoms with van der Waals surface area (Å²) in [5, 5.41) is 17.1. The average molecular weight is 300 g/mol. The Morgan fingerprint density at radius 2 is 2.00 bits per heavy atom. The van der Waals surface area contributed by atoms with E-state index in [0.717, 1.165) is 0 Å². The molecule has 1 atom stereocenters. The third-order valence-electron chi connectivity index (χ3n) is 3.16. The number of benzene rings is 1. The predicted molar refractivity (Wildman–Crippen MR) is 75.9 cm³/mol. The van der Waals surface area contributed by atoms with Crippen molar-refractivity contribution in [2.75, 3.05) is 6.54 Å². The number of sulfonamides is 1. The predicted octanol–water partition coefficient (Wildman–Crippen LogP) is 0.452. The lowest BCUT2D eigenvalue weighted by molar-refractivity contribution is 0.0913. The molecule has 1 aromatic carbocycles. The molecule has 1 rings (SSSR count). The van der Waals surface area contributed by atoms with E-state index in [1.165, 1.54) is 6.07 Å². The zero-order valence-corrected chi connectivity index (χ0v) is 12.6. The summed E-state index contributed by atoms with van der Waals surface area (Å²) in [6.07, 6.45) is -0.0986. The summed E-state index contributed by atoms with van der Waals surface area (Å²) in [6.45, 7) is 5.26. The highest BCUT2D eigenvalue weighted by Gasteiger charge is 2.17. The minimum Gasteiger partial charge on any atom is -0.391 e. The molecule has 0 saturated carbocycles. The standard InChI is InChI=1S/C13H20N2O4S/c1-4-11(16)7-15-13(17)10-5-8(2)9(3)12(6-10)20(14,18)19/h5-6,11,16H,4,7H2,1-3H3,(H,15,17)(H2,14,18,19)/t11-/m1/s1. The summed E-state index contributed by atoms with van der Waals surface area (Å²) in [5.74, 6) is -0.439. The molecule has 0 aromatic heterocycles. The Hall–Kier alpha value is -1.44. The van der Waals surface area contributed by atoms with Gasteiger partial charge in [0.15, 0.2) is 0 Å². The number of rotatable bonds is 5. The number of hydrogen-bond acceptors (Lipinski definition) is 4. The highest BCUT2D eigenvalue weighted by atomic mass is 32.2. The van der Waals surface area contributed by atoms with Gasteiger partial charge in [-0.15, -0.1) is 0 Å². The van der Waals surface area contributed by atoms with Crippen LogP contribution in [0.25, 0.3) is 0 Å². The van der Waals surface area contributed by atoms with Gasteiger partial charge in [-0.3, -0.25) is 4.79 Å². The molecule has 0 unspecified atom stereocenters. The maximum Gasteiger partial charge on any atom is 0.251 e. The van der Waals surface area contributed by atoms with E-state index in [4.69, 9.17) is 5.14 Å². The van der Waals surface area contributed by atoms with Crippen LogP contribution in [0.15, 0.2) is 17.0 Å². The van der Waals surface area contributed by atoms with Gasteiger partial charge in [0.2, 0.25) is 10.0 Å². The van der Waals surface area contributed by atoms with Crippen LogP contribution < -0.4 is 10.5 Å². The lowest BCUT2D eigenvalue weighted by atomic mass is 10.1. The Bertz CT molecular complexity index is 611. The fourth-order valence-corrected chi connectivity index (χ4v) is 2.59. The lowest BCUT2D eigenvalue weighted by Crippen LogP contribution is -2.32. The molecule has 1 aromatic rings. The van der Waals surface area contributed by atoms with Crippen molar-refractivity contribution in [1.82, 2.24) is 5.32 Å². The Labute approximate surface area is 119 Å². The van der Waals surface area contributed by atoms with Gasteiger partial charge >= 0.3 is 0 Å². The van der Waals surface area contributed by atoms with E-state index < -0.39 is 22.0 Å². The van der Waals surface area contributed by atoms with Crippen LogP contribution >= 0.6 is 0 Å². The quantitative estimate of drug-likeness (QED) is 0.733. The first kappa shape index (κ1) is 16.6. The van der Waals surface area contributed by atoms with Gasteiger partial charge in [0, 0.05) is 12.1 Å². The molecule has 0 radical (unpaired) electrons. The molecule has 0 aliphatic heterocycles. The van der Waals surface area contributed by atoms with Crippen molar-refractivity contribution in [3.05, 3.63) is 28.8 Å². The van der Waals surface area contributed by atoms with Crippen LogP contribution in [0.3, 0.4) is 0 Å². The number of carbonyl (C=O) groups is 1. The van der Waals surface area contributed by atoms with Gasteiger partial charge in [0.25, 0.3) is 5.91 Å². The summed E-state index contributed by atoms with van der Waals surface area (Å²) in [7, 11) is -3.88. The van der Waals surface area contributed by atoms with E-state index in [-0.39, 0.29) is 17.0 Å². The molecule has 0 aliphatic rings. The molecule has 7 heteroatoms. The SMILES string of the molecule is CC[C@@H](O)CNC(=O)c1cc(C)c(C)c(S(N)(=O)=O)c1. The van der Waals surface area contributed by atoms with Crippen molar-refractivity contribution in [3.63, 3.8) is 0 Å². The van der Waals surface area contributed by atoms with E-state index in [0.29, 0.717) is 17.5 Å². The summed E-state index contributed by atoms with van der Waals surface area (Å²) < 4.78 is 23.0. The van der Waals surface area contributed by atoms with Crippen LogP contribution in [0.4, 0.5) is 0 Å². The van der Waals surface area contributed by atoms with Crippen molar-refractivity contribution in [3.8, 4) is 0 Å². The Morgan fingerprint density at radius 1 is 1.40 bits per heavy atom. The maximum atomic E-state index is 11.9. The number of aliphatic hydroxyl groups excluding tert-OH is 1. The third kappa shape index (κ3) is 4.03. The fraction of sp³-hybridized carbons (Fsp3) is 0.462. The zero-order valence-electron chi connectivity index (χ0n) is 11.8. The molecular weight excluding hydrogens is 280 g/mol. The maximum absolute atomic E-state index is 11.9. The minimum atomic E-state index is -3.88. The molecule has 20 heavy (non-hydrogen) atoms. The van der Waals surface area contributed by atoms with Crippen LogP contribution in [0.2, 0.25) is 0 Å². The molecule has 6 nitrogen and oxygen atoms in total. The smallest absolute Gasteiger partial charge is 0.251 e. The Morgan fingerprint density at radius 3 is 2.50 bits per heavy atom. The molecule has 0 fully saturated rings. The topological polar surface area (TPSA) is 109 Å². The second kappa shape index (κ2) is 6.34. The monoisotopic (exact) mass is 300 g/mol. The number of carbonyl (C=O) groups excluding carboxylic acids is 1. The summed E-state index contributed by atoms with van der Waals surface area (Å²) in [6, 6.07) is 2.85. The second-order valence-corrected chi connectivity index (χ2v) is 6.26. The van der Waals surface area contributed by atoms with Crippen LogP contribution in [0.5, 0.6) is 0 Å². The van der Waals surface area contributed by atoms with Gasteiger partial charge in [-0.25, -0.2) is 13.6 Å². The highest BCUT2D eigenvalue weighted by Crippen LogP contribution is 2.20. The van der Waals surface area contributed by atoms with Gasteiger partial charge in [-0.2, -0.15) is 0 Å². The molecule has 0 bridgehead atoms. The fourth-order valence-electron chi connectivity index (χ4n) is 1.71. The van der Waals surface area contributed by atoms with Gasteiger partial charge in [-0.1, -0.05) is 6.92 Å². The number of nitrogens with one attached hydrogen (secondary N) is 1. The molecule has 1 amide bonds. The summed E-state index contributed by atoms with van der Waals surface area (Å²) in [5.41, 5.74) is 1.40. The molecule has 0 spiro atoms. The van der Waals surface area contributed by atoms with E-state index in [9.17, 15) is 18.3 Å². The van der Waals surface area contributed by atoms with Crippen molar-refractivity contribution in [2.45, 2.75) is 38.2 Å². The lowest BCUT2D eigenvalue weighted by Gasteiger charge is -2.12. The van der Waals surface area contributed by atoms with Crippen molar-refractivity contribution in [1.29, 1.82) is 0 Å². The van der Waals surface area contributed by atoms with Gasteiger partial charge < -0.3 is 10.4 Å². The first-order valence-corrected chi connectivity index (χ1v) is 7.81. The third-order valence-corrected chi connectivity index (χ3v) is 4.20. The first-order valence-electron chi connectivity index (χ1n) is 6.27. The summed E-state index contributed by atoms with van der Waals surface area (Å²) >= 11 is 0. The van der Waals surface area contributed by atoms with Crippen molar-refractivity contribution < 1.29 is 18.3 Å². The molecule has 112 valence electrons. The van der Waals surface area contributed by atoms with E-state index in [2.05, 4.69) is 5.32 Å². The number of hydrogen-bond donors (Lipinski definition) is 3. The molecule has 0 heterocycles. The van der Waals surface area contributed by atoms with Crippen LogP contribution in [-0.2, 0) is 10.0 Å². The zero-order chi connectivity index (χ0) is 15.5. The van der Waals surface area contributed by atoms with Crippen molar-refractivity contribution >= 4 is 15.9 Å². The van der Waals surface area contributed by atoms with E-state index in [1.807, 2.05) is 0 Å². The normalized spacial score (nSPS) is 13.1. The molecule has 4 N–H and O–H groups in total. The minimum absolute atomic E-state index is 0.0568. The Balaban J connectivity index is 3.09. The van der Waals surface area contributed by atoms with Crippen LogP contribution in [-0.4, -0.2) is 32.1 Å². The largest absolute Gasteiger partial charge is 0.391 e. The average Bonchev–Trinajstić information content (AvgIpc) is 2.36. The van der Waals surface area contributed by atoms with Crippen LogP contribution in [0, 0.1) is 13.8 Å². The number of amides is 1. The number of nitrogens with two attached hydrogens (primary N) is 1. The van der Waals surface area contributed by atoms with Gasteiger partial charge in [0.05, 0.1) is 11.0 Å². The summed E-state index contributed by atoms with van der Waals surface area (Å²) in [4.78, 5) is 11.9. The molecular formula is C13H20N2O4S. The number of aryl methyl sites for hydroxylation is 1. The molecule has 0 saturated heterocycles. The first-order chi connectivity index (χ1) is 9.16. The van der Waals surface area contributed by atoms with Gasteiger partial charge in [0.1, 0.15) is 0 Å². The van der Waals surface area contributed by atoms with Crippen LogP contribution in [0.1, 0.15) is 34.8 Å². The van der Waals surface area contributed by atoms with E-state index in [1.54, 1.807) is 26.8 Å². The van der Waals surface area contributed by atoms with Crippen molar-refractivity contribution in [2.24, 2.45) is 5.14 Å². The Kier molecular flexibility index (Phi) is 5.27.